The van der Waals surface area contributed by atoms with E-state index in [0.717, 1.165) is 15.8 Å². The first kappa shape index (κ1) is 22.1. The molecule has 0 spiro atoms. The topological polar surface area (TPSA) is 106 Å². The van der Waals surface area contributed by atoms with Gasteiger partial charge in [-0.2, -0.15) is 0 Å². The summed E-state index contributed by atoms with van der Waals surface area (Å²) in [6.45, 7) is -0.662. The minimum atomic E-state index is -1.50. The second-order valence-corrected chi connectivity index (χ2v) is 9.60. The number of carbonyl (C=O) groups is 2. The highest BCUT2D eigenvalue weighted by atomic mass is 35.5. The summed E-state index contributed by atoms with van der Waals surface area (Å²) in [7, 11) is 1.57. The van der Waals surface area contributed by atoms with E-state index in [9.17, 15) is 14.7 Å². The lowest BCUT2D eigenvalue weighted by Gasteiger charge is -2.32. The third kappa shape index (κ3) is 4.18. The number of thiophene rings is 1. The molecule has 10 heteroatoms. The van der Waals surface area contributed by atoms with Crippen LogP contribution in [0.4, 0.5) is 0 Å². The Morgan fingerprint density at radius 3 is 2.81 bits per heavy atom. The van der Waals surface area contributed by atoms with Gasteiger partial charge in [0, 0.05) is 12.7 Å². The fourth-order valence-corrected chi connectivity index (χ4v) is 5.64. The third-order valence-electron chi connectivity index (χ3n) is 5.54. The highest BCUT2D eigenvalue weighted by Gasteiger charge is 2.39. The molecule has 4 N–H and O–H groups in total. The number of benzene rings is 1. The number of hydrogen-bond acceptors (Lipinski definition) is 5. The van der Waals surface area contributed by atoms with Crippen LogP contribution in [0.5, 0.6) is 0 Å². The van der Waals surface area contributed by atoms with Crippen molar-refractivity contribution in [3.05, 3.63) is 56.5 Å². The summed E-state index contributed by atoms with van der Waals surface area (Å²) in [5, 5.41) is 22.4. The SMILES string of the molecule is CN(C(=O)[C@H](O)CO)[C@@H]1c2ccccc2C[C@H]1NC(=O)Cc1cc2sc(Cl)c(Cl)c2[nH]1. The molecule has 1 aromatic carbocycles. The van der Waals surface area contributed by atoms with Gasteiger partial charge in [-0.1, -0.05) is 47.5 Å². The van der Waals surface area contributed by atoms with Crippen LogP contribution in [0, 0.1) is 0 Å². The zero-order valence-electron chi connectivity index (χ0n) is 16.6. The Hall–Kier alpha value is -2.10. The van der Waals surface area contributed by atoms with Gasteiger partial charge in [0.05, 0.1) is 40.4 Å². The van der Waals surface area contributed by atoms with E-state index in [1.54, 1.807) is 7.05 Å². The predicted octanol–water partition coefficient (Wildman–Crippen LogP) is 2.67. The van der Waals surface area contributed by atoms with Crippen LogP contribution in [0.2, 0.25) is 9.36 Å². The first-order valence-electron chi connectivity index (χ1n) is 9.68. The molecular formula is C21H21Cl2N3O4S. The highest BCUT2D eigenvalue weighted by molar-refractivity contribution is 7.23. The summed E-state index contributed by atoms with van der Waals surface area (Å²) in [4.78, 5) is 29.9. The van der Waals surface area contributed by atoms with Crippen LogP contribution in [0.15, 0.2) is 30.3 Å². The van der Waals surface area contributed by atoms with Gasteiger partial charge in [0.15, 0.2) is 6.10 Å². The predicted molar refractivity (Wildman–Crippen MR) is 121 cm³/mol. The number of likely N-dealkylation sites (N-methyl/N-ethyl adjacent to an activating group) is 1. The van der Waals surface area contributed by atoms with Crippen molar-refractivity contribution >= 4 is 56.6 Å². The first-order chi connectivity index (χ1) is 14.8. The lowest BCUT2D eigenvalue weighted by atomic mass is 10.0. The Bertz CT molecular complexity index is 1150. The molecule has 0 bridgehead atoms. The number of aliphatic hydroxyl groups is 2. The van der Waals surface area contributed by atoms with E-state index in [2.05, 4.69) is 10.3 Å². The molecule has 31 heavy (non-hydrogen) atoms. The van der Waals surface area contributed by atoms with Crippen molar-refractivity contribution in [2.24, 2.45) is 0 Å². The highest BCUT2D eigenvalue weighted by Crippen LogP contribution is 2.39. The van der Waals surface area contributed by atoms with Gasteiger partial charge < -0.3 is 25.4 Å². The molecule has 164 valence electrons. The second-order valence-electron chi connectivity index (χ2n) is 7.57. The van der Waals surface area contributed by atoms with E-state index in [1.807, 2.05) is 30.3 Å². The van der Waals surface area contributed by atoms with Gasteiger partial charge in [-0.15, -0.1) is 11.3 Å². The van der Waals surface area contributed by atoms with Gasteiger partial charge in [-0.05, 0) is 23.6 Å². The lowest BCUT2D eigenvalue weighted by molar-refractivity contribution is -0.144. The number of amides is 2. The van der Waals surface area contributed by atoms with Gasteiger partial charge in [0.1, 0.15) is 4.34 Å². The van der Waals surface area contributed by atoms with E-state index in [-0.39, 0.29) is 18.4 Å². The summed E-state index contributed by atoms with van der Waals surface area (Å²) < 4.78 is 1.38. The minimum absolute atomic E-state index is 0.117. The van der Waals surface area contributed by atoms with Gasteiger partial charge in [-0.3, -0.25) is 9.59 Å². The maximum Gasteiger partial charge on any atom is 0.254 e. The van der Waals surface area contributed by atoms with E-state index >= 15 is 0 Å². The van der Waals surface area contributed by atoms with Crippen molar-refractivity contribution < 1.29 is 19.8 Å². The molecule has 3 aromatic rings. The maximum absolute atomic E-state index is 12.8. The number of aromatic amines is 1. The van der Waals surface area contributed by atoms with Crippen molar-refractivity contribution in [3.63, 3.8) is 0 Å². The van der Waals surface area contributed by atoms with Crippen LogP contribution < -0.4 is 5.32 Å². The standard InChI is InChI=1S/C21H21Cl2N3O4S/c1-26(21(30)14(28)9-27)19-12-5-3-2-4-10(12)6-13(19)25-16(29)8-11-7-15-18(24-11)17(22)20(23)31-15/h2-5,7,13-14,19,24,27-28H,6,8-9H2,1H3,(H,25,29)/t13-,14-,19-/m1/s1. The molecule has 3 atom stereocenters. The monoisotopic (exact) mass is 481 g/mol. The van der Waals surface area contributed by atoms with Crippen molar-refractivity contribution in [3.8, 4) is 0 Å². The van der Waals surface area contributed by atoms with E-state index in [0.29, 0.717) is 27.0 Å². The average molecular weight is 482 g/mol. The van der Waals surface area contributed by atoms with Gasteiger partial charge >= 0.3 is 0 Å². The number of hydrogen-bond donors (Lipinski definition) is 4. The number of nitrogens with zero attached hydrogens (tertiary/aromatic N) is 1. The van der Waals surface area contributed by atoms with Crippen LogP contribution in [-0.4, -0.2) is 57.7 Å². The smallest absolute Gasteiger partial charge is 0.254 e. The molecule has 0 fully saturated rings. The molecule has 0 saturated heterocycles. The Kier molecular flexibility index (Phi) is 6.27. The fraction of sp³-hybridized carbons (Fsp3) is 0.333. The van der Waals surface area contributed by atoms with E-state index in [1.165, 1.54) is 16.2 Å². The number of H-pyrrole nitrogens is 1. The number of halogens is 2. The summed E-state index contributed by atoms with van der Waals surface area (Å²) >= 11 is 13.6. The summed E-state index contributed by atoms with van der Waals surface area (Å²) in [5.41, 5.74) is 3.37. The number of fused-ring (bicyclic) bond motifs is 2. The average Bonchev–Trinajstić information content (AvgIpc) is 3.38. The lowest BCUT2D eigenvalue weighted by Crippen LogP contribution is -2.48. The molecular weight excluding hydrogens is 461 g/mol. The third-order valence-corrected chi connectivity index (χ3v) is 7.48. The molecule has 0 aliphatic heterocycles. The van der Waals surface area contributed by atoms with Crippen LogP contribution >= 0.6 is 34.5 Å². The quantitative estimate of drug-likeness (QED) is 0.434. The normalized spacial score (nSPS) is 18.7. The van der Waals surface area contributed by atoms with Crippen molar-refractivity contribution in [2.45, 2.75) is 31.0 Å². The molecule has 1 aliphatic rings. The van der Waals surface area contributed by atoms with Crippen LogP contribution in [0.25, 0.3) is 10.2 Å². The molecule has 0 unspecified atom stereocenters. The molecule has 0 saturated carbocycles. The molecule has 1 aliphatic carbocycles. The van der Waals surface area contributed by atoms with Gasteiger partial charge in [0.2, 0.25) is 5.91 Å². The van der Waals surface area contributed by atoms with Crippen molar-refractivity contribution in [2.75, 3.05) is 13.7 Å². The number of aromatic nitrogens is 1. The number of rotatable bonds is 6. The Morgan fingerprint density at radius 2 is 2.10 bits per heavy atom. The summed E-state index contributed by atoms with van der Waals surface area (Å²) in [5.74, 6) is -0.804. The number of aliphatic hydroxyl groups excluding tert-OH is 2. The molecule has 4 rings (SSSR count). The van der Waals surface area contributed by atoms with Crippen LogP contribution in [-0.2, 0) is 22.4 Å². The Labute approximate surface area is 192 Å². The van der Waals surface area contributed by atoms with E-state index in [4.69, 9.17) is 28.3 Å². The van der Waals surface area contributed by atoms with Crippen LogP contribution in [0.1, 0.15) is 22.9 Å². The second kappa shape index (κ2) is 8.80. The number of carbonyl (C=O) groups excluding carboxylic acids is 2. The molecule has 7 nitrogen and oxygen atoms in total. The molecule has 2 heterocycles. The van der Waals surface area contributed by atoms with Gasteiger partial charge in [0.25, 0.3) is 5.91 Å². The maximum atomic E-state index is 12.8. The van der Waals surface area contributed by atoms with Crippen molar-refractivity contribution in [1.82, 2.24) is 15.2 Å². The largest absolute Gasteiger partial charge is 0.393 e. The van der Waals surface area contributed by atoms with Crippen LogP contribution in [0.3, 0.4) is 0 Å². The summed E-state index contributed by atoms with van der Waals surface area (Å²) in [6.07, 6.45) is -0.829. The zero-order chi connectivity index (χ0) is 22.3. The summed E-state index contributed by atoms with van der Waals surface area (Å²) in [6, 6.07) is 8.69. The first-order valence-corrected chi connectivity index (χ1v) is 11.3. The Morgan fingerprint density at radius 1 is 1.35 bits per heavy atom. The van der Waals surface area contributed by atoms with Crippen molar-refractivity contribution in [1.29, 1.82) is 0 Å². The molecule has 0 radical (unpaired) electrons. The molecule has 2 aromatic heterocycles. The minimum Gasteiger partial charge on any atom is -0.393 e. The zero-order valence-corrected chi connectivity index (χ0v) is 18.9. The Balaban J connectivity index is 1.52. The number of nitrogens with one attached hydrogen (secondary N) is 2. The van der Waals surface area contributed by atoms with E-state index < -0.39 is 24.7 Å². The van der Waals surface area contributed by atoms with Gasteiger partial charge in [-0.25, -0.2) is 0 Å². The fourth-order valence-electron chi connectivity index (χ4n) is 4.13. The molecule has 2 amide bonds.